The normalized spacial score (nSPS) is 12.2. The standard InChI is InChI=1S/C20H26ClFN2O2/c1-4-5-6-7-14(2)12-24-15(3)10-19(23-20(24)25)26-13-16-8-9-18(22)17(21)11-16/h8-11,14H,4-7,12-13H2,1-3H3. The molecule has 0 aliphatic heterocycles. The van der Waals surface area contributed by atoms with E-state index in [1.807, 2.05) is 6.92 Å². The van der Waals surface area contributed by atoms with Gasteiger partial charge in [-0.2, -0.15) is 4.98 Å². The predicted octanol–water partition coefficient (Wildman–Crippen LogP) is 5.14. The molecule has 142 valence electrons. The lowest BCUT2D eigenvalue weighted by Gasteiger charge is -2.16. The lowest BCUT2D eigenvalue weighted by atomic mass is 10.0. The Morgan fingerprint density at radius 2 is 2.08 bits per heavy atom. The van der Waals surface area contributed by atoms with E-state index in [2.05, 4.69) is 18.8 Å². The minimum absolute atomic E-state index is 0.0442. The Hall–Kier alpha value is -1.88. The molecule has 0 N–H and O–H groups in total. The third kappa shape index (κ3) is 5.84. The molecule has 0 saturated heterocycles. The number of nitrogens with zero attached hydrogens (tertiary/aromatic N) is 2. The average molecular weight is 381 g/mol. The van der Waals surface area contributed by atoms with Gasteiger partial charge in [-0.25, -0.2) is 9.18 Å². The molecule has 0 spiro atoms. The van der Waals surface area contributed by atoms with Crippen LogP contribution in [-0.4, -0.2) is 9.55 Å². The first-order valence-electron chi connectivity index (χ1n) is 9.06. The van der Waals surface area contributed by atoms with Crippen LogP contribution in [0, 0.1) is 18.7 Å². The van der Waals surface area contributed by atoms with Gasteiger partial charge in [0, 0.05) is 18.3 Å². The molecule has 1 aromatic carbocycles. The van der Waals surface area contributed by atoms with Gasteiger partial charge in [-0.05, 0) is 37.0 Å². The second-order valence-electron chi connectivity index (χ2n) is 6.77. The Morgan fingerprint density at radius 3 is 2.73 bits per heavy atom. The van der Waals surface area contributed by atoms with E-state index >= 15 is 0 Å². The first kappa shape index (κ1) is 20.4. The van der Waals surface area contributed by atoms with Crippen LogP contribution in [-0.2, 0) is 13.2 Å². The Kier molecular flexibility index (Phi) is 7.64. The van der Waals surface area contributed by atoms with Crippen molar-refractivity contribution in [3.8, 4) is 5.88 Å². The zero-order chi connectivity index (χ0) is 19.1. The molecule has 1 heterocycles. The van der Waals surface area contributed by atoms with Gasteiger partial charge in [0.25, 0.3) is 0 Å². The van der Waals surface area contributed by atoms with Crippen LogP contribution >= 0.6 is 11.6 Å². The molecule has 0 amide bonds. The Morgan fingerprint density at radius 1 is 1.31 bits per heavy atom. The second kappa shape index (κ2) is 9.72. The monoisotopic (exact) mass is 380 g/mol. The van der Waals surface area contributed by atoms with Gasteiger partial charge in [-0.3, -0.25) is 4.57 Å². The molecular formula is C20H26ClFN2O2. The van der Waals surface area contributed by atoms with Gasteiger partial charge in [0.15, 0.2) is 0 Å². The molecule has 0 aliphatic carbocycles. The fraction of sp³-hybridized carbons (Fsp3) is 0.500. The van der Waals surface area contributed by atoms with Crippen LogP contribution < -0.4 is 10.4 Å². The van der Waals surface area contributed by atoms with Gasteiger partial charge in [0.2, 0.25) is 5.88 Å². The maximum absolute atomic E-state index is 13.2. The summed E-state index contributed by atoms with van der Waals surface area (Å²) < 4.78 is 20.5. The lowest BCUT2D eigenvalue weighted by molar-refractivity contribution is 0.289. The largest absolute Gasteiger partial charge is 0.473 e. The SMILES string of the molecule is CCCCCC(C)Cn1c(C)cc(OCc2ccc(F)c(Cl)c2)nc1=O. The van der Waals surface area contributed by atoms with E-state index in [-0.39, 0.29) is 23.2 Å². The van der Waals surface area contributed by atoms with Crippen LogP contribution in [0.4, 0.5) is 4.39 Å². The highest BCUT2D eigenvalue weighted by molar-refractivity contribution is 6.30. The fourth-order valence-electron chi connectivity index (χ4n) is 2.82. The number of aryl methyl sites for hydroxylation is 1. The zero-order valence-corrected chi connectivity index (χ0v) is 16.4. The van der Waals surface area contributed by atoms with Crippen molar-refractivity contribution in [1.82, 2.24) is 9.55 Å². The van der Waals surface area contributed by atoms with E-state index in [1.165, 1.54) is 31.4 Å². The molecule has 0 saturated carbocycles. The smallest absolute Gasteiger partial charge is 0.351 e. The number of rotatable bonds is 9. The highest BCUT2D eigenvalue weighted by Gasteiger charge is 2.10. The quantitative estimate of drug-likeness (QED) is 0.566. The van der Waals surface area contributed by atoms with Gasteiger partial charge in [-0.15, -0.1) is 0 Å². The summed E-state index contributed by atoms with van der Waals surface area (Å²) in [6.45, 7) is 7.05. The number of benzene rings is 1. The summed E-state index contributed by atoms with van der Waals surface area (Å²) in [5, 5.41) is 0.0442. The average Bonchev–Trinajstić information content (AvgIpc) is 2.59. The summed E-state index contributed by atoms with van der Waals surface area (Å²) in [7, 11) is 0. The maximum Gasteiger partial charge on any atom is 0.351 e. The molecule has 26 heavy (non-hydrogen) atoms. The van der Waals surface area contributed by atoms with Crippen molar-refractivity contribution in [2.75, 3.05) is 0 Å². The number of aromatic nitrogens is 2. The summed E-state index contributed by atoms with van der Waals surface area (Å²) in [4.78, 5) is 16.4. The molecule has 4 nitrogen and oxygen atoms in total. The summed E-state index contributed by atoms with van der Waals surface area (Å²) in [5.74, 6) is 0.218. The minimum Gasteiger partial charge on any atom is -0.473 e. The molecule has 0 bridgehead atoms. The molecule has 2 aromatic rings. The van der Waals surface area contributed by atoms with E-state index in [0.717, 1.165) is 12.1 Å². The van der Waals surface area contributed by atoms with Gasteiger partial charge in [0.1, 0.15) is 12.4 Å². The van der Waals surface area contributed by atoms with Crippen molar-refractivity contribution in [3.63, 3.8) is 0 Å². The summed E-state index contributed by atoms with van der Waals surface area (Å²) in [6.07, 6.45) is 4.69. The highest BCUT2D eigenvalue weighted by Crippen LogP contribution is 2.18. The van der Waals surface area contributed by atoms with Crippen molar-refractivity contribution in [2.24, 2.45) is 5.92 Å². The third-order valence-corrected chi connectivity index (χ3v) is 4.65. The number of ether oxygens (including phenoxy) is 1. The van der Waals surface area contributed by atoms with Gasteiger partial charge in [0.05, 0.1) is 5.02 Å². The first-order valence-corrected chi connectivity index (χ1v) is 9.43. The molecule has 1 atom stereocenters. The maximum atomic E-state index is 13.2. The minimum atomic E-state index is -0.472. The van der Waals surface area contributed by atoms with Crippen LogP contribution in [0.25, 0.3) is 0 Å². The first-order chi connectivity index (χ1) is 12.4. The van der Waals surface area contributed by atoms with E-state index in [1.54, 1.807) is 16.7 Å². The predicted molar refractivity (Wildman–Crippen MR) is 102 cm³/mol. The van der Waals surface area contributed by atoms with E-state index < -0.39 is 5.82 Å². The van der Waals surface area contributed by atoms with Crippen LogP contribution in [0.1, 0.15) is 50.8 Å². The van der Waals surface area contributed by atoms with Crippen molar-refractivity contribution in [3.05, 3.63) is 56.8 Å². The van der Waals surface area contributed by atoms with Crippen LogP contribution in [0.15, 0.2) is 29.1 Å². The molecule has 1 aromatic heterocycles. The Bertz CT molecular complexity index is 792. The second-order valence-corrected chi connectivity index (χ2v) is 7.17. The summed E-state index contributed by atoms with van der Waals surface area (Å²) in [5.41, 5.74) is 1.23. The molecule has 2 rings (SSSR count). The number of halogens is 2. The van der Waals surface area contributed by atoms with E-state index in [0.29, 0.717) is 18.0 Å². The van der Waals surface area contributed by atoms with E-state index in [9.17, 15) is 9.18 Å². The van der Waals surface area contributed by atoms with Crippen LogP contribution in [0.3, 0.4) is 0 Å². The molecule has 1 unspecified atom stereocenters. The Labute approximate surface area is 159 Å². The Balaban J connectivity index is 2.01. The molecule has 6 heteroatoms. The fourth-order valence-corrected chi connectivity index (χ4v) is 3.03. The van der Waals surface area contributed by atoms with E-state index in [4.69, 9.17) is 16.3 Å². The van der Waals surface area contributed by atoms with Crippen LogP contribution in [0.5, 0.6) is 5.88 Å². The van der Waals surface area contributed by atoms with Crippen molar-refractivity contribution in [2.45, 2.75) is 59.6 Å². The van der Waals surface area contributed by atoms with Gasteiger partial charge >= 0.3 is 5.69 Å². The highest BCUT2D eigenvalue weighted by atomic mass is 35.5. The third-order valence-electron chi connectivity index (χ3n) is 4.36. The van der Waals surface area contributed by atoms with Crippen LogP contribution in [0.2, 0.25) is 5.02 Å². The number of hydrogen-bond donors (Lipinski definition) is 0. The number of unbranched alkanes of at least 4 members (excludes halogenated alkanes) is 2. The molecule has 0 radical (unpaired) electrons. The molecule has 0 aliphatic rings. The number of hydrogen-bond acceptors (Lipinski definition) is 3. The van der Waals surface area contributed by atoms with Gasteiger partial charge in [-0.1, -0.05) is 50.8 Å². The summed E-state index contributed by atoms with van der Waals surface area (Å²) in [6, 6.07) is 6.14. The molecule has 0 fully saturated rings. The van der Waals surface area contributed by atoms with Crippen molar-refractivity contribution >= 4 is 11.6 Å². The van der Waals surface area contributed by atoms with Gasteiger partial charge < -0.3 is 4.74 Å². The van der Waals surface area contributed by atoms with Crippen molar-refractivity contribution < 1.29 is 9.13 Å². The molecular weight excluding hydrogens is 355 g/mol. The summed E-state index contributed by atoms with van der Waals surface area (Å²) >= 11 is 5.76. The zero-order valence-electron chi connectivity index (χ0n) is 15.6. The van der Waals surface area contributed by atoms with Crippen molar-refractivity contribution in [1.29, 1.82) is 0 Å². The lowest BCUT2D eigenvalue weighted by Crippen LogP contribution is -2.27. The topological polar surface area (TPSA) is 44.1 Å².